The summed E-state index contributed by atoms with van der Waals surface area (Å²) in [6.07, 6.45) is 0. The van der Waals surface area contributed by atoms with Crippen molar-refractivity contribution >= 4 is 90.5 Å². The molecule has 2 nitrogen and oxygen atoms in total. The fraction of sp³-hybridized carbons (Fsp3) is 0.0513. The van der Waals surface area contributed by atoms with Crippen LogP contribution in [-0.4, -0.2) is 4.57 Å². The lowest BCUT2D eigenvalue weighted by Gasteiger charge is -2.09. The zero-order valence-corrected chi connectivity index (χ0v) is 25.2. The zero-order valence-electron chi connectivity index (χ0n) is 23.6. The van der Waals surface area contributed by atoms with Crippen molar-refractivity contribution in [2.45, 2.75) is 13.8 Å². The van der Waals surface area contributed by atoms with Crippen LogP contribution in [0.3, 0.4) is 0 Å². The molecule has 202 valence electrons. The Morgan fingerprint density at radius 1 is 0.535 bits per heavy atom. The van der Waals surface area contributed by atoms with Crippen molar-refractivity contribution in [2.24, 2.45) is 0 Å². The van der Waals surface area contributed by atoms with Gasteiger partial charge >= 0.3 is 0 Å². The van der Waals surface area contributed by atoms with Gasteiger partial charge in [0.05, 0.1) is 28.0 Å². The van der Waals surface area contributed by atoms with E-state index in [0.717, 1.165) is 26.9 Å². The van der Waals surface area contributed by atoms with Crippen LogP contribution in [0.4, 0.5) is 5.69 Å². The van der Waals surface area contributed by atoms with Crippen LogP contribution in [0.5, 0.6) is 0 Å². The largest absolute Gasteiger partial charge is 0.308 e. The Morgan fingerprint density at radius 3 is 2.02 bits per heavy atom. The number of fused-ring (bicyclic) bond motifs is 9. The van der Waals surface area contributed by atoms with E-state index in [1.807, 2.05) is 11.3 Å². The van der Waals surface area contributed by atoms with E-state index in [2.05, 4.69) is 132 Å². The molecule has 9 aromatic rings. The van der Waals surface area contributed by atoms with Crippen molar-refractivity contribution in [3.05, 3.63) is 132 Å². The van der Waals surface area contributed by atoms with E-state index in [9.17, 15) is 0 Å². The summed E-state index contributed by atoms with van der Waals surface area (Å²) in [5, 5.41) is 7.49. The first kappa shape index (κ1) is 24.6. The van der Waals surface area contributed by atoms with Gasteiger partial charge in [-0.2, -0.15) is 0 Å². The molecule has 0 bridgehead atoms. The Kier molecular flexibility index (Phi) is 5.17. The lowest BCUT2D eigenvalue weighted by Crippen LogP contribution is -1.94. The number of rotatable bonds is 2. The van der Waals surface area contributed by atoms with Gasteiger partial charge in [0.15, 0.2) is 0 Å². The van der Waals surface area contributed by atoms with E-state index in [0.29, 0.717) is 5.69 Å². The number of hydrogen-bond donors (Lipinski definition) is 0. The minimum Gasteiger partial charge on any atom is -0.308 e. The van der Waals surface area contributed by atoms with Crippen molar-refractivity contribution < 1.29 is 0 Å². The third-order valence-electron chi connectivity index (χ3n) is 8.71. The summed E-state index contributed by atoms with van der Waals surface area (Å²) >= 11 is 3.57. The predicted molar refractivity (Wildman–Crippen MR) is 188 cm³/mol. The second-order valence-corrected chi connectivity index (χ2v) is 13.5. The molecule has 0 saturated carbocycles. The molecular formula is C39H24N2S2. The number of aromatic nitrogens is 1. The van der Waals surface area contributed by atoms with E-state index in [-0.39, 0.29) is 0 Å². The quantitative estimate of drug-likeness (QED) is 0.179. The maximum Gasteiger partial charge on any atom is 0.205 e. The van der Waals surface area contributed by atoms with Crippen LogP contribution in [0.15, 0.2) is 109 Å². The van der Waals surface area contributed by atoms with Crippen LogP contribution in [-0.2, 0) is 0 Å². The average Bonchev–Trinajstić information content (AvgIpc) is 3.69. The van der Waals surface area contributed by atoms with Crippen LogP contribution >= 0.6 is 22.7 Å². The Labute approximate surface area is 256 Å². The lowest BCUT2D eigenvalue weighted by atomic mass is 10.0. The maximum absolute atomic E-state index is 8.14. The molecule has 0 aliphatic carbocycles. The van der Waals surface area contributed by atoms with Gasteiger partial charge in [-0.05, 0) is 85.0 Å². The van der Waals surface area contributed by atoms with Gasteiger partial charge in [-0.3, -0.25) is 0 Å². The monoisotopic (exact) mass is 584 g/mol. The molecule has 43 heavy (non-hydrogen) atoms. The van der Waals surface area contributed by atoms with Gasteiger partial charge in [-0.15, -0.1) is 22.7 Å². The first-order chi connectivity index (χ1) is 21.1. The summed E-state index contributed by atoms with van der Waals surface area (Å²) in [7, 11) is 0. The summed E-state index contributed by atoms with van der Waals surface area (Å²) in [5.74, 6) is 0. The number of aryl methyl sites for hydroxylation is 2. The van der Waals surface area contributed by atoms with E-state index >= 15 is 0 Å². The Morgan fingerprint density at radius 2 is 1.26 bits per heavy atom. The highest BCUT2D eigenvalue weighted by Gasteiger charge is 2.19. The fourth-order valence-electron chi connectivity index (χ4n) is 6.71. The smallest absolute Gasteiger partial charge is 0.205 e. The summed E-state index contributed by atoms with van der Waals surface area (Å²) in [4.78, 5) is 4.05. The van der Waals surface area contributed by atoms with Crippen LogP contribution in [0, 0.1) is 20.4 Å². The first-order valence-corrected chi connectivity index (χ1v) is 16.0. The zero-order chi connectivity index (χ0) is 28.8. The number of thiophene rings is 2. The van der Waals surface area contributed by atoms with Crippen molar-refractivity contribution in [3.63, 3.8) is 0 Å². The molecule has 3 heterocycles. The van der Waals surface area contributed by atoms with Crippen molar-refractivity contribution in [1.82, 2.24) is 4.57 Å². The van der Waals surface area contributed by atoms with Gasteiger partial charge in [-0.25, -0.2) is 4.85 Å². The van der Waals surface area contributed by atoms with Crippen LogP contribution < -0.4 is 0 Å². The number of benzene rings is 6. The van der Waals surface area contributed by atoms with Crippen molar-refractivity contribution in [1.29, 1.82) is 0 Å². The summed E-state index contributed by atoms with van der Waals surface area (Å²) in [6, 6.07) is 39.8. The highest BCUT2D eigenvalue weighted by molar-refractivity contribution is 7.27. The maximum atomic E-state index is 8.14. The molecule has 6 aromatic carbocycles. The van der Waals surface area contributed by atoms with Crippen molar-refractivity contribution in [3.8, 4) is 16.8 Å². The molecule has 0 N–H and O–H groups in total. The van der Waals surface area contributed by atoms with Gasteiger partial charge in [0.25, 0.3) is 0 Å². The molecule has 3 aromatic heterocycles. The van der Waals surface area contributed by atoms with Crippen molar-refractivity contribution in [2.75, 3.05) is 0 Å². The normalized spacial score (nSPS) is 11.9. The molecule has 0 fully saturated rings. The van der Waals surface area contributed by atoms with Crippen LogP contribution in [0.1, 0.15) is 11.1 Å². The summed E-state index contributed by atoms with van der Waals surface area (Å²) in [6.45, 7) is 12.5. The summed E-state index contributed by atoms with van der Waals surface area (Å²) in [5.41, 5.74) is 9.05. The van der Waals surface area contributed by atoms with Crippen LogP contribution in [0.2, 0.25) is 0 Å². The standard InChI is InChI=1S/C39H24N2S2/c1-22-11-15-33-29(17-22)30-18-23(2)12-16-34(30)41(33)35-9-6-8-28-31-19-25(20-32(40-3)38(31)43-39(28)35)24-13-14-27-26-7-4-5-10-36(26)42-37(27)21-24/h4-21H,1-2H3. The minimum absolute atomic E-state index is 0.713. The highest BCUT2D eigenvalue weighted by atomic mass is 32.1. The van der Waals surface area contributed by atoms with Gasteiger partial charge in [-0.1, -0.05) is 65.7 Å². The number of nitrogens with zero attached hydrogens (tertiary/aromatic N) is 2. The molecule has 0 aliphatic heterocycles. The minimum atomic E-state index is 0.713. The summed E-state index contributed by atoms with van der Waals surface area (Å²) < 4.78 is 7.25. The molecule has 0 spiro atoms. The van der Waals surface area contributed by atoms with Gasteiger partial charge in [0, 0.05) is 41.0 Å². The third kappa shape index (κ3) is 3.56. The van der Waals surface area contributed by atoms with E-state index in [1.165, 1.54) is 63.2 Å². The topological polar surface area (TPSA) is 9.29 Å². The highest BCUT2D eigenvalue weighted by Crippen LogP contribution is 2.46. The SMILES string of the molecule is [C-]#[N+]c1cc(-c2ccc3c(c2)sc2ccccc23)cc2c1sc1c(-n3c4ccc(C)cc4c4cc(C)ccc43)cccc12. The molecular weight excluding hydrogens is 561 g/mol. The molecule has 0 unspecified atom stereocenters. The van der Waals surface area contributed by atoms with E-state index < -0.39 is 0 Å². The molecule has 0 aliphatic rings. The Bertz CT molecular complexity index is 2600. The predicted octanol–water partition coefficient (Wildman–Crippen LogP) is 12.4. The fourth-order valence-corrected chi connectivity index (χ4v) is 9.10. The molecule has 0 radical (unpaired) electrons. The van der Waals surface area contributed by atoms with Gasteiger partial charge in [0.2, 0.25) is 5.69 Å². The van der Waals surface area contributed by atoms with Gasteiger partial charge in [0.1, 0.15) is 0 Å². The molecule has 0 atom stereocenters. The molecule has 0 saturated heterocycles. The average molecular weight is 585 g/mol. The second-order valence-electron chi connectivity index (χ2n) is 11.4. The second kappa shape index (κ2) is 9.02. The van der Waals surface area contributed by atoms with E-state index in [4.69, 9.17) is 6.57 Å². The van der Waals surface area contributed by atoms with Gasteiger partial charge < -0.3 is 4.57 Å². The molecule has 0 amide bonds. The van der Waals surface area contributed by atoms with Crippen LogP contribution in [0.25, 0.3) is 83.8 Å². The third-order valence-corrected chi connectivity index (χ3v) is 11.1. The Hall–Kier alpha value is -4.95. The Balaban J connectivity index is 1.31. The lowest BCUT2D eigenvalue weighted by molar-refractivity contribution is 1.20. The molecule has 4 heteroatoms. The first-order valence-electron chi connectivity index (χ1n) is 14.4. The molecule has 9 rings (SSSR count). The van der Waals surface area contributed by atoms with E-state index in [1.54, 1.807) is 11.3 Å². The number of hydrogen-bond acceptors (Lipinski definition) is 2.